The van der Waals surface area contributed by atoms with Crippen LogP contribution in [-0.4, -0.2) is 35.9 Å². The van der Waals surface area contributed by atoms with Crippen LogP contribution in [0.2, 0.25) is 10.0 Å². The van der Waals surface area contributed by atoms with Gasteiger partial charge in [-0.3, -0.25) is 19.6 Å². The molecule has 118 valence electrons. The van der Waals surface area contributed by atoms with Gasteiger partial charge in [-0.25, -0.2) is 0 Å². The van der Waals surface area contributed by atoms with Gasteiger partial charge in [-0.15, -0.1) is 0 Å². The number of carbonyl (C=O) groups excluding carboxylic acids is 2. The lowest BCUT2D eigenvalue weighted by molar-refractivity contribution is -0.141. The highest BCUT2D eigenvalue weighted by molar-refractivity contribution is 6.32. The van der Waals surface area contributed by atoms with E-state index in [0.717, 1.165) is 11.1 Å². The van der Waals surface area contributed by atoms with Gasteiger partial charge in [-0.05, 0) is 41.0 Å². The van der Waals surface area contributed by atoms with Crippen molar-refractivity contribution in [1.29, 1.82) is 0 Å². The normalized spacial score (nSPS) is 15.7. The molecule has 1 aliphatic rings. The van der Waals surface area contributed by atoms with Crippen LogP contribution in [0.3, 0.4) is 0 Å². The zero-order valence-electron chi connectivity index (χ0n) is 12.6. The van der Waals surface area contributed by atoms with Crippen LogP contribution in [0.5, 0.6) is 0 Å². The fourth-order valence-electron chi connectivity index (χ4n) is 2.63. The Morgan fingerprint density at radius 1 is 0.826 bits per heavy atom. The first-order chi connectivity index (χ1) is 10.9. The highest BCUT2D eigenvalue weighted by Gasteiger charge is 2.43. The van der Waals surface area contributed by atoms with Crippen LogP contribution in [0.4, 0.5) is 0 Å². The molecular weight excluding hydrogens is 335 g/mol. The number of hydrogen-bond acceptors (Lipinski definition) is 2. The van der Waals surface area contributed by atoms with Crippen LogP contribution in [0.1, 0.15) is 11.5 Å². The van der Waals surface area contributed by atoms with E-state index in [2.05, 4.69) is 0 Å². The third-order valence-corrected chi connectivity index (χ3v) is 4.66. The maximum absolute atomic E-state index is 12.4. The summed E-state index contributed by atoms with van der Waals surface area (Å²) in [6, 6.07) is 12.7. The first-order valence-corrected chi connectivity index (χ1v) is 7.76. The summed E-state index contributed by atoms with van der Waals surface area (Å²) in [6.07, 6.45) is 0. The van der Waals surface area contributed by atoms with E-state index in [9.17, 15) is 9.59 Å². The zero-order valence-corrected chi connectivity index (χ0v) is 14.1. The van der Waals surface area contributed by atoms with E-state index in [-0.39, 0.29) is 11.8 Å². The topological polar surface area (TPSA) is 40.6 Å². The summed E-state index contributed by atoms with van der Waals surface area (Å²) in [7, 11) is 3.13. The number of amides is 2. The molecule has 6 heteroatoms. The molecule has 1 fully saturated rings. The average molecular weight is 349 g/mol. The molecule has 0 atom stereocenters. The summed E-state index contributed by atoms with van der Waals surface area (Å²) in [5.74, 6) is -1.47. The Balaban J connectivity index is 2.07. The third-order valence-electron chi connectivity index (χ3n) is 4.07. The molecule has 1 heterocycles. The highest BCUT2D eigenvalue weighted by atomic mass is 35.5. The molecular formula is C17H14Cl2N2O2. The van der Waals surface area contributed by atoms with Gasteiger partial charge in [0.25, 0.3) is 11.8 Å². The van der Waals surface area contributed by atoms with Crippen LogP contribution < -0.4 is 0 Å². The highest BCUT2D eigenvalue weighted by Crippen LogP contribution is 2.35. The molecule has 0 saturated carbocycles. The fourth-order valence-corrected chi connectivity index (χ4v) is 2.98. The molecule has 2 amide bonds. The molecule has 3 rings (SSSR count). The molecule has 1 aliphatic heterocycles. The van der Waals surface area contributed by atoms with Gasteiger partial charge in [-0.1, -0.05) is 41.4 Å². The molecule has 2 aromatic carbocycles. The van der Waals surface area contributed by atoms with Gasteiger partial charge in [0, 0.05) is 24.1 Å². The monoisotopic (exact) mass is 348 g/mol. The van der Waals surface area contributed by atoms with Crippen molar-refractivity contribution >= 4 is 35.0 Å². The van der Waals surface area contributed by atoms with Gasteiger partial charge < -0.3 is 0 Å². The third kappa shape index (κ3) is 2.69. The van der Waals surface area contributed by atoms with Gasteiger partial charge in [0.1, 0.15) is 5.92 Å². The average Bonchev–Trinajstić information content (AvgIpc) is 2.73. The minimum absolute atomic E-state index is 0.285. The van der Waals surface area contributed by atoms with E-state index >= 15 is 0 Å². The first kappa shape index (κ1) is 15.8. The van der Waals surface area contributed by atoms with Gasteiger partial charge >= 0.3 is 0 Å². The molecule has 0 spiro atoms. The minimum atomic E-state index is -0.898. The second kappa shape index (κ2) is 5.87. The molecule has 1 saturated heterocycles. The number of carbonyl (C=O) groups is 2. The minimum Gasteiger partial charge on any atom is -0.272 e. The lowest BCUT2D eigenvalue weighted by atomic mass is 9.94. The number of hydrogen-bond donors (Lipinski definition) is 0. The Morgan fingerprint density at radius 2 is 1.35 bits per heavy atom. The Hall–Kier alpha value is -2.04. The maximum atomic E-state index is 12.4. The Morgan fingerprint density at radius 3 is 1.91 bits per heavy atom. The van der Waals surface area contributed by atoms with E-state index in [1.54, 1.807) is 38.4 Å². The van der Waals surface area contributed by atoms with Crippen LogP contribution in [0.25, 0.3) is 11.1 Å². The van der Waals surface area contributed by atoms with Crippen LogP contribution >= 0.6 is 23.2 Å². The molecule has 2 aromatic rings. The summed E-state index contributed by atoms with van der Waals surface area (Å²) < 4.78 is 0. The zero-order chi connectivity index (χ0) is 16.7. The maximum Gasteiger partial charge on any atom is 0.258 e. The van der Waals surface area contributed by atoms with Crippen LogP contribution in [0.15, 0.2) is 42.5 Å². The van der Waals surface area contributed by atoms with Crippen molar-refractivity contribution in [2.24, 2.45) is 0 Å². The summed E-state index contributed by atoms with van der Waals surface area (Å²) in [5, 5.41) is 3.65. The summed E-state index contributed by atoms with van der Waals surface area (Å²) in [4.78, 5) is 24.7. The van der Waals surface area contributed by atoms with Gasteiger partial charge in [0.05, 0.1) is 0 Å². The van der Waals surface area contributed by atoms with Gasteiger partial charge in [0.15, 0.2) is 0 Å². The van der Waals surface area contributed by atoms with E-state index in [1.165, 1.54) is 10.0 Å². The lowest BCUT2D eigenvalue weighted by Gasteiger charge is -2.17. The number of nitrogens with zero attached hydrogens (tertiary/aromatic N) is 2. The molecule has 23 heavy (non-hydrogen) atoms. The number of rotatable bonds is 2. The van der Waals surface area contributed by atoms with E-state index in [4.69, 9.17) is 23.2 Å². The molecule has 0 aromatic heterocycles. The van der Waals surface area contributed by atoms with Crippen molar-refractivity contribution < 1.29 is 9.59 Å². The Kier molecular flexibility index (Phi) is 4.04. The van der Waals surface area contributed by atoms with Crippen molar-refractivity contribution in [3.05, 3.63) is 58.1 Å². The second-order valence-corrected chi connectivity index (χ2v) is 6.24. The lowest BCUT2D eigenvalue weighted by Crippen LogP contribution is -2.33. The van der Waals surface area contributed by atoms with Crippen LogP contribution in [-0.2, 0) is 9.59 Å². The quantitative estimate of drug-likeness (QED) is 0.778. The van der Waals surface area contributed by atoms with Crippen molar-refractivity contribution in [2.45, 2.75) is 5.92 Å². The van der Waals surface area contributed by atoms with Crippen molar-refractivity contribution in [2.75, 3.05) is 14.1 Å². The number of benzene rings is 2. The molecule has 4 nitrogen and oxygen atoms in total. The first-order valence-electron chi connectivity index (χ1n) is 7.00. The molecule has 0 aliphatic carbocycles. The van der Waals surface area contributed by atoms with Crippen molar-refractivity contribution in [1.82, 2.24) is 10.0 Å². The molecule has 0 bridgehead atoms. The van der Waals surface area contributed by atoms with Crippen molar-refractivity contribution in [3.8, 4) is 11.1 Å². The molecule has 0 radical (unpaired) electrons. The number of hydrazine groups is 1. The number of halogens is 2. The predicted molar refractivity (Wildman–Crippen MR) is 90.2 cm³/mol. The summed E-state index contributed by atoms with van der Waals surface area (Å²) in [5.41, 5.74) is 2.33. The van der Waals surface area contributed by atoms with Gasteiger partial charge in [-0.2, -0.15) is 0 Å². The predicted octanol–water partition coefficient (Wildman–Crippen LogP) is 3.59. The van der Waals surface area contributed by atoms with E-state index < -0.39 is 5.92 Å². The largest absolute Gasteiger partial charge is 0.272 e. The van der Waals surface area contributed by atoms with Crippen LogP contribution in [0, 0.1) is 0 Å². The summed E-state index contributed by atoms with van der Waals surface area (Å²) >= 11 is 12.2. The number of likely N-dealkylation sites (N-methyl/N-ethyl adjacent to an activating group) is 2. The Bertz CT molecular complexity index is 770. The second-order valence-electron chi connectivity index (χ2n) is 5.40. The fraction of sp³-hybridized carbons (Fsp3) is 0.176. The molecule has 0 N–H and O–H groups in total. The summed E-state index contributed by atoms with van der Waals surface area (Å²) in [6.45, 7) is 0. The standard InChI is InChI=1S/C17H14Cl2N2O2/c1-20-16(22)15(17(23)21(20)2)13-9-11(5-8-14(13)19)10-3-6-12(18)7-4-10/h3-9,15H,1-2H3. The van der Waals surface area contributed by atoms with E-state index in [0.29, 0.717) is 15.6 Å². The van der Waals surface area contributed by atoms with Gasteiger partial charge in [0.2, 0.25) is 0 Å². The van der Waals surface area contributed by atoms with Crippen molar-refractivity contribution in [3.63, 3.8) is 0 Å². The molecule has 0 unspecified atom stereocenters. The smallest absolute Gasteiger partial charge is 0.258 e. The SMILES string of the molecule is CN1C(=O)C(c2cc(-c3ccc(Cl)cc3)ccc2Cl)C(=O)N1C. The Labute approximate surface area is 144 Å². The van der Waals surface area contributed by atoms with E-state index in [1.807, 2.05) is 18.2 Å².